The Balaban J connectivity index is 1.46. The molecule has 0 bridgehead atoms. The van der Waals surface area contributed by atoms with Gasteiger partial charge in [0, 0.05) is 35.3 Å². The van der Waals surface area contributed by atoms with Gasteiger partial charge in [0.1, 0.15) is 5.01 Å². The molecule has 10 heteroatoms. The number of hydrogen-bond donors (Lipinski definition) is 0. The van der Waals surface area contributed by atoms with E-state index < -0.39 is 10.0 Å². The van der Waals surface area contributed by atoms with E-state index in [4.69, 9.17) is 4.42 Å². The van der Waals surface area contributed by atoms with Gasteiger partial charge in [-0.3, -0.25) is 0 Å². The van der Waals surface area contributed by atoms with Crippen LogP contribution in [0.15, 0.2) is 74.5 Å². The summed E-state index contributed by atoms with van der Waals surface area (Å²) in [6, 6.07) is 16.6. The second kappa shape index (κ2) is 9.95. The number of thiazole rings is 1. The lowest BCUT2D eigenvalue weighted by Gasteiger charge is -2.18. The van der Waals surface area contributed by atoms with Gasteiger partial charge in [0.15, 0.2) is 0 Å². The molecule has 0 aliphatic rings. The van der Waals surface area contributed by atoms with E-state index in [1.807, 2.05) is 49.6 Å². The van der Waals surface area contributed by atoms with Gasteiger partial charge in [-0.1, -0.05) is 62.0 Å². The molecule has 0 saturated heterocycles. The first-order valence-electron chi connectivity index (χ1n) is 10.1. The normalized spacial score (nSPS) is 11.8. The Kier molecular flexibility index (Phi) is 7.04. The van der Waals surface area contributed by atoms with Crippen LogP contribution in [0.25, 0.3) is 22.0 Å². The summed E-state index contributed by atoms with van der Waals surface area (Å²) in [6.45, 7) is 4.45. The van der Waals surface area contributed by atoms with E-state index in [1.165, 1.54) is 16.1 Å². The Morgan fingerprint density at radius 1 is 1.00 bits per heavy atom. The van der Waals surface area contributed by atoms with Crippen molar-refractivity contribution >= 4 is 33.1 Å². The van der Waals surface area contributed by atoms with Gasteiger partial charge in [-0.25, -0.2) is 13.4 Å². The van der Waals surface area contributed by atoms with Crippen LogP contribution in [-0.2, 0) is 15.8 Å². The lowest BCUT2D eigenvalue weighted by molar-refractivity contribution is 0.445. The number of rotatable bonds is 9. The summed E-state index contributed by atoms with van der Waals surface area (Å²) in [4.78, 5) is 4.88. The topological polar surface area (TPSA) is 89.2 Å². The molecule has 0 fully saturated rings. The smallest absolute Gasteiger partial charge is 0.277 e. The maximum Gasteiger partial charge on any atom is 0.277 e. The van der Waals surface area contributed by atoms with Crippen molar-refractivity contribution in [2.24, 2.45) is 0 Å². The number of benzene rings is 2. The van der Waals surface area contributed by atoms with E-state index in [9.17, 15) is 8.42 Å². The van der Waals surface area contributed by atoms with Crippen LogP contribution >= 0.6 is 23.1 Å². The van der Waals surface area contributed by atoms with E-state index in [-0.39, 0.29) is 10.8 Å². The first-order valence-corrected chi connectivity index (χ1v) is 13.4. The molecular weight excluding hydrogens is 464 g/mol. The molecule has 0 saturated carbocycles. The summed E-state index contributed by atoms with van der Waals surface area (Å²) in [5.74, 6) is 0.883. The van der Waals surface area contributed by atoms with Crippen molar-refractivity contribution in [1.82, 2.24) is 19.5 Å². The average molecular weight is 487 g/mol. The van der Waals surface area contributed by atoms with E-state index in [1.54, 1.807) is 35.6 Å². The minimum atomic E-state index is -3.56. The third-order valence-corrected chi connectivity index (χ3v) is 8.58. The average Bonchev–Trinajstić information content (AvgIpc) is 3.49. The number of thioether (sulfide) groups is 1. The standard InChI is InChI=1S/C22H22N4O3S3/c1-3-26(4-2)32(27,28)19-12-8-11-17(13-19)20-24-25-22(29-20)31-15-18-14-30-21(23-18)16-9-6-5-7-10-16/h5-14H,3-4,15H2,1-2H3. The van der Waals surface area contributed by atoms with Crippen molar-refractivity contribution in [3.05, 3.63) is 65.7 Å². The summed E-state index contributed by atoms with van der Waals surface area (Å²) in [5, 5.41) is 11.6. The predicted molar refractivity (Wildman–Crippen MR) is 127 cm³/mol. The van der Waals surface area contributed by atoms with Crippen LogP contribution in [-0.4, -0.2) is 41.0 Å². The van der Waals surface area contributed by atoms with E-state index in [0.29, 0.717) is 29.6 Å². The Morgan fingerprint density at radius 3 is 2.50 bits per heavy atom. The summed E-state index contributed by atoms with van der Waals surface area (Å²) < 4.78 is 32.8. The van der Waals surface area contributed by atoms with Crippen LogP contribution in [0, 0.1) is 0 Å². The zero-order valence-electron chi connectivity index (χ0n) is 17.6. The van der Waals surface area contributed by atoms with Crippen LogP contribution in [0.1, 0.15) is 19.5 Å². The molecule has 166 valence electrons. The quantitative estimate of drug-likeness (QED) is 0.301. The third-order valence-electron chi connectivity index (χ3n) is 4.75. The second-order valence-electron chi connectivity index (χ2n) is 6.79. The highest BCUT2D eigenvalue weighted by molar-refractivity contribution is 7.98. The summed E-state index contributed by atoms with van der Waals surface area (Å²) in [5.41, 5.74) is 2.59. The molecule has 0 aliphatic carbocycles. The minimum Gasteiger partial charge on any atom is -0.411 e. The van der Waals surface area contributed by atoms with Crippen LogP contribution in [0.5, 0.6) is 0 Å². The number of sulfonamides is 1. The van der Waals surface area contributed by atoms with Crippen molar-refractivity contribution in [2.45, 2.75) is 29.7 Å². The van der Waals surface area contributed by atoms with Crippen LogP contribution < -0.4 is 0 Å². The Labute approximate surface area is 195 Å². The molecule has 32 heavy (non-hydrogen) atoms. The SMILES string of the molecule is CCN(CC)S(=O)(=O)c1cccc(-c2nnc(SCc3csc(-c4ccccc4)n3)o2)c1. The van der Waals surface area contributed by atoms with Gasteiger partial charge < -0.3 is 4.42 Å². The van der Waals surface area contributed by atoms with E-state index >= 15 is 0 Å². The zero-order valence-corrected chi connectivity index (χ0v) is 20.1. The fourth-order valence-electron chi connectivity index (χ4n) is 3.11. The molecule has 0 atom stereocenters. The molecule has 0 radical (unpaired) electrons. The largest absolute Gasteiger partial charge is 0.411 e. The molecule has 7 nitrogen and oxygen atoms in total. The lowest BCUT2D eigenvalue weighted by atomic mass is 10.2. The molecule has 2 aromatic carbocycles. The minimum absolute atomic E-state index is 0.210. The van der Waals surface area contributed by atoms with Gasteiger partial charge >= 0.3 is 0 Å². The van der Waals surface area contributed by atoms with Gasteiger partial charge in [-0.15, -0.1) is 21.5 Å². The van der Waals surface area contributed by atoms with Gasteiger partial charge in [-0.05, 0) is 18.2 Å². The fourth-order valence-corrected chi connectivity index (χ4v) is 6.20. The summed E-state index contributed by atoms with van der Waals surface area (Å²) >= 11 is 2.99. The highest BCUT2D eigenvalue weighted by atomic mass is 32.2. The third kappa shape index (κ3) is 4.93. The Bertz CT molecular complexity index is 1280. The van der Waals surface area contributed by atoms with E-state index in [2.05, 4.69) is 15.2 Å². The van der Waals surface area contributed by atoms with Gasteiger partial charge in [0.2, 0.25) is 15.9 Å². The first-order chi connectivity index (χ1) is 15.5. The Hall–Kier alpha value is -2.53. The molecule has 4 rings (SSSR count). The number of nitrogens with zero attached hydrogens (tertiary/aromatic N) is 4. The highest BCUT2D eigenvalue weighted by Crippen LogP contribution is 2.30. The van der Waals surface area contributed by atoms with Crippen LogP contribution in [0.3, 0.4) is 0 Å². The maximum atomic E-state index is 12.8. The molecule has 0 unspecified atom stereocenters. The van der Waals surface area contributed by atoms with Crippen LogP contribution in [0.4, 0.5) is 0 Å². The van der Waals surface area contributed by atoms with Gasteiger partial charge in [-0.2, -0.15) is 4.31 Å². The highest BCUT2D eigenvalue weighted by Gasteiger charge is 2.22. The molecule has 0 spiro atoms. The monoisotopic (exact) mass is 486 g/mol. The van der Waals surface area contributed by atoms with Gasteiger partial charge in [0.05, 0.1) is 10.6 Å². The van der Waals surface area contributed by atoms with E-state index in [0.717, 1.165) is 16.3 Å². The molecule has 0 amide bonds. The van der Waals surface area contributed by atoms with Crippen LogP contribution in [0.2, 0.25) is 0 Å². The molecular formula is C22H22N4O3S3. The van der Waals surface area contributed by atoms with Crippen molar-refractivity contribution in [3.8, 4) is 22.0 Å². The molecule has 0 aliphatic heterocycles. The Morgan fingerprint density at radius 2 is 1.75 bits per heavy atom. The number of aromatic nitrogens is 3. The van der Waals surface area contributed by atoms with Gasteiger partial charge in [0.25, 0.3) is 5.22 Å². The number of hydrogen-bond acceptors (Lipinski definition) is 8. The van der Waals surface area contributed by atoms with Crippen molar-refractivity contribution in [2.75, 3.05) is 13.1 Å². The van der Waals surface area contributed by atoms with Crippen molar-refractivity contribution in [3.63, 3.8) is 0 Å². The summed E-state index contributed by atoms with van der Waals surface area (Å²) in [6.07, 6.45) is 0. The molecule has 4 aromatic rings. The lowest BCUT2D eigenvalue weighted by Crippen LogP contribution is -2.30. The second-order valence-corrected chi connectivity index (χ2v) is 10.5. The predicted octanol–water partition coefficient (Wildman–Crippen LogP) is 5.18. The first kappa shape index (κ1) is 22.7. The fraction of sp³-hybridized carbons (Fsp3) is 0.227. The maximum absolute atomic E-state index is 12.8. The molecule has 2 heterocycles. The zero-order chi connectivity index (χ0) is 22.6. The van der Waals surface area contributed by atoms with Crippen molar-refractivity contribution in [1.29, 1.82) is 0 Å². The van der Waals surface area contributed by atoms with Crippen molar-refractivity contribution < 1.29 is 12.8 Å². The molecule has 0 N–H and O–H groups in total. The molecule has 2 aromatic heterocycles. The summed E-state index contributed by atoms with van der Waals surface area (Å²) in [7, 11) is -3.56.